The monoisotopic (exact) mass is 403 g/mol. The predicted octanol–water partition coefficient (Wildman–Crippen LogP) is 1.63. The molecule has 0 amide bonds. The van der Waals surface area contributed by atoms with Crippen LogP contribution in [0.4, 0.5) is 5.95 Å². The van der Waals surface area contributed by atoms with E-state index in [4.69, 9.17) is 5.26 Å². The number of allylic oxidation sites excluding steroid dienone is 1. The van der Waals surface area contributed by atoms with Crippen LogP contribution in [0.3, 0.4) is 0 Å². The fourth-order valence-electron chi connectivity index (χ4n) is 3.77. The average molecular weight is 403 g/mol. The summed E-state index contributed by atoms with van der Waals surface area (Å²) in [5.41, 5.74) is 2.06. The van der Waals surface area contributed by atoms with Crippen molar-refractivity contribution in [1.82, 2.24) is 24.1 Å². The van der Waals surface area contributed by atoms with E-state index in [0.717, 1.165) is 11.1 Å². The molecule has 1 aliphatic heterocycles. The Labute approximate surface area is 172 Å². The van der Waals surface area contributed by atoms with Gasteiger partial charge in [0, 0.05) is 32.4 Å². The topological polar surface area (TPSA) is 110 Å². The fourth-order valence-corrected chi connectivity index (χ4v) is 3.77. The van der Waals surface area contributed by atoms with E-state index in [2.05, 4.69) is 21.5 Å². The van der Waals surface area contributed by atoms with Crippen LogP contribution in [0, 0.1) is 11.3 Å². The molecule has 0 saturated carbocycles. The lowest BCUT2D eigenvalue weighted by Crippen LogP contribution is -2.45. The molecule has 0 bridgehead atoms. The summed E-state index contributed by atoms with van der Waals surface area (Å²) in [6.45, 7) is 7.06. The lowest BCUT2D eigenvalue weighted by atomic mass is 10.0. The number of fused-ring (bicyclic) bond motifs is 1. The molecule has 0 aromatic carbocycles. The number of rotatable bonds is 3. The van der Waals surface area contributed by atoms with E-state index in [1.165, 1.54) is 21.5 Å². The minimum atomic E-state index is -0.568. The number of nitriles is 1. The molecule has 4 rings (SSSR count). The normalized spacial score (nSPS) is 14.6. The van der Waals surface area contributed by atoms with Crippen LogP contribution in [-0.2, 0) is 7.05 Å². The predicted molar refractivity (Wildman–Crippen MR) is 113 cm³/mol. The Hall–Kier alpha value is -3.80. The first-order valence-corrected chi connectivity index (χ1v) is 9.65. The van der Waals surface area contributed by atoms with Crippen molar-refractivity contribution in [3.8, 4) is 6.07 Å². The number of pyridine rings is 1. The molecular weight excluding hydrogens is 382 g/mol. The maximum absolute atomic E-state index is 12.8. The Balaban J connectivity index is 1.68. The van der Waals surface area contributed by atoms with Crippen molar-refractivity contribution in [3.63, 3.8) is 0 Å². The number of aryl methyl sites for hydroxylation is 1. The second-order valence-electron chi connectivity index (χ2n) is 7.49. The van der Waals surface area contributed by atoms with Crippen molar-refractivity contribution in [3.05, 3.63) is 63.1 Å². The molecule has 0 aliphatic carbocycles. The summed E-state index contributed by atoms with van der Waals surface area (Å²) in [6, 6.07) is 3.71. The number of hydrogen-bond acceptors (Lipinski definition) is 7. The standard InChI is InChI=1S/C21H21N7O2/c1-13(2)15-8-17-18(23-12-15)28(20(30)19(29)26(17)3)16-4-6-27(7-5-16)21-24-10-14(9-22)11-25-21/h8,10-12,16H,1,4-7H2,2-3H3. The van der Waals surface area contributed by atoms with Crippen molar-refractivity contribution in [1.29, 1.82) is 5.26 Å². The number of anilines is 1. The number of aromatic nitrogens is 5. The number of hydrogen-bond donors (Lipinski definition) is 0. The van der Waals surface area contributed by atoms with Gasteiger partial charge in [-0.3, -0.25) is 14.2 Å². The van der Waals surface area contributed by atoms with Gasteiger partial charge in [0.25, 0.3) is 0 Å². The molecule has 0 spiro atoms. The highest BCUT2D eigenvalue weighted by atomic mass is 16.2. The van der Waals surface area contributed by atoms with Crippen LogP contribution in [-0.4, -0.2) is 37.2 Å². The summed E-state index contributed by atoms with van der Waals surface area (Å²) < 4.78 is 2.89. The third kappa shape index (κ3) is 3.26. The highest BCUT2D eigenvalue weighted by Crippen LogP contribution is 2.26. The molecule has 1 fully saturated rings. The van der Waals surface area contributed by atoms with Gasteiger partial charge in [-0.05, 0) is 37.0 Å². The summed E-state index contributed by atoms with van der Waals surface area (Å²) in [5, 5.41) is 8.89. The highest BCUT2D eigenvalue weighted by Gasteiger charge is 2.26. The van der Waals surface area contributed by atoms with Gasteiger partial charge in [-0.25, -0.2) is 15.0 Å². The fraction of sp³-hybridized carbons (Fsp3) is 0.333. The van der Waals surface area contributed by atoms with Crippen LogP contribution < -0.4 is 16.0 Å². The van der Waals surface area contributed by atoms with Crippen LogP contribution in [0.5, 0.6) is 0 Å². The first-order valence-electron chi connectivity index (χ1n) is 9.65. The Kier molecular flexibility index (Phi) is 4.91. The molecule has 9 nitrogen and oxygen atoms in total. The summed E-state index contributed by atoms with van der Waals surface area (Å²) in [7, 11) is 1.59. The third-order valence-electron chi connectivity index (χ3n) is 5.52. The minimum absolute atomic E-state index is 0.147. The second-order valence-corrected chi connectivity index (χ2v) is 7.49. The maximum Gasteiger partial charge on any atom is 0.318 e. The average Bonchev–Trinajstić information content (AvgIpc) is 2.78. The van der Waals surface area contributed by atoms with Gasteiger partial charge in [0.2, 0.25) is 5.95 Å². The van der Waals surface area contributed by atoms with Gasteiger partial charge >= 0.3 is 11.1 Å². The van der Waals surface area contributed by atoms with Gasteiger partial charge in [0.15, 0.2) is 5.65 Å². The summed E-state index contributed by atoms with van der Waals surface area (Å²) >= 11 is 0. The molecule has 152 valence electrons. The Morgan fingerprint density at radius 3 is 2.40 bits per heavy atom. The molecule has 3 aromatic rings. The quantitative estimate of drug-likeness (QED) is 0.611. The lowest BCUT2D eigenvalue weighted by Gasteiger charge is -2.33. The lowest BCUT2D eigenvalue weighted by molar-refractivity contribution is 0.389. The van der Waals surface area contributed by atoms with Gasteiger partial charge in [-0.15, -0.1) is 0 Å². The van der Waals surface area contributed by atoms with Gasteiger partial charge in [-0.2, -0.15) is 5.26 Å². The second kappa shape index (κ2) is 7.55. The van der Waals surface area contributed by atoms with E-state index in [9.17, 15) is 9.59 Å². The van der Waals surface area contributed by atoms with Crippen molar-refractivity contribution < 1.29 is 0 Å². The van der Waals surface area contributed by atoms with E-state index in [1.807, 2.05) is 24.0 Å². The molecule has 1 aliphatic rings. The van der Waals surface area contributed by atoms with Crippen molar-refractivity contribution in [2.75, 3.05) is 18.0 Å². The Bertz CT molecular complexity index is 1290. The summed E-state index contributed by atoms with van der Waals surface area (Å²) in [4.78, 5) is 40.4. The zero-order valence-corrected chi connectivity index (χ0v) is 16.9. The van der Waals surface area contributed by atoms with E-state index < -0.39 is 11.1 Å². The van der Waals surface area contributed by atoms with E-state index in [-0.39, 0.29) is 6.04 Å². The molecule has 3 aromatic heterocycles. The number of piperidine rings is 1. The number of nitrogens with zero attached hydrogens (tertiary/aromatic N) is 7. The third-order valence-corrected chi connectivity index (χ3v) is 5.52. The summed E-state index contributed by atoms with van der Waals surface area (Å²) in [5.74, 6) is 0.554. The Morgan fingerprint density at radius 2 is 1.80 bits per heavy atom. The minimum Gasteiger partial charge on any atom is -0.341 e. The molecule has 1 saturated heterocycles. The van der Waals surface area contributed by atoms with Crippen molar-refractivity contribution >= 4 is 22.7 Å². The van der Waals surface area contributed by atoms with Gasteiger partial charge in [0.1, 0.15) is 6.07 Å². The van der Waals surface area contributed by atoms with Gasteiger partial charge < -0.3 is 9.47 Å². The van der Waals surface area contributed by atoms with Crippen LogP contribution in [0.2, 0.25) is 0 Å². The molecule has 0 unspecified atom stereocenters. The van der Waals surface area contributed by atoms with E-state index >= 15 is 0 Å². The SMILES string of the molecule is C=C(C)c1cnc2c(c1)n(C)c(=O)c(=O)n2C1CCN(c2ncc(C#N)cn2)CC1. The highest BCUT2D eigenvalue weighted by molar-refractivity contribution is 5.76. The van der Waals surface area contributed by atoms with Crippen LogP contribution >= 0.6 is 0 Å². The molecule has 30 heavy (non-hydrogen) atoms. The first-order chi connectivity index (χ1) is 14.4. The summed E-state index contributed by atoms with van der Waals surface area (Å²) in [6.07, 6.45) is 5.97. The van der Waals surface area contributed by atoms with E-state index in [1.54, 1.807) is 13.2 Å². The van der Waals surface area contributed by atoms with Crippen molar-refractivity contribution in [2.24, 2.45) is 7.05 Å². The zero-order valence-electron chi connectivity index (χ0n) is 16.9. The Morgan fingerprint density at radius 1 is 1.13 bits per heavy atom. The molecule has 0 atom stereocenters. The molecule has 0 N–H and O–H groups in total. The molecule has 9 heteroatoms. The maximum atomic E-state index is 12.8. The van der Waals surface area contributed by atoms with Gasteiger partial charge in [-0.1, -0.05) is 6.58 Å². The molecule has 0 radical (unpaired) electrons. The van der Waals surface area contributed by atoms with E-state index in [0.29, 0.717) is 48.6 Å². The van der Waals surface area contributed by atoms with Gasteiger partial charge in [0.05, 0.1) is 23.5 Å². The first kappa shape index (κ1) is 19.5. The molecule has 4 heterocycles. The van der Waals surface area contributed by atoms with Crippen molar-refractivity contribution in [2.45, 2.75) is 25.8 Å². The zero-order chi connectivity index (χ0) is 21.4. The van der Waals surface area contributed by atoms with Crippen LogP contribution in [0.25, 0.3) is 16.7 Å². The molecular formula is C21H21N7O2. The van der Waals surface area contributed by atoms with Crippen LogP contribution in [0.1, 0.15) is 36.9 Å². The largest absolute Gasteiger partial charge is 0.341 e. The van der Waals surface area contributed by atoms with Crippen LogP contribution in [0.15, 0.2) is 40.8 Å². The smallest absolute Gasteiger partial charge is 0.318 e.